The van der Waals surface area contributed by atoms with Crippen LogP contribution in [0.3, 0.4) is 0 Å². The molecule has 0 bridgehead atoms. The highest BCUT2D eigenvalue weighted by Gasteiger charge is 2.24. The van der Waals surface area contributed by atoms with E-state index in [1.165, 1.54) is 25.7 Å². The molecule has 0 amide bonds. The first-order valence-electron chi connectivity index (χ1n) is 7.38. The molecule has 2 aliphatic heterocycles. The summed E-state index contributed by atoms with van der Waals surface area (Å²) in [7, 11) is 0. The fourth-order valence-corrected chi connectivity index (χ4v) is 3.10. The van der Waals surface area contributed by atoms with Crippen molar-refractivity contribution in [1.29, 1.82) is 0 Å². The highest BCUT2D eigenvalue weighted by Crippen LogP contribution is 2.20. The van der Waals surface area contributed by atoms with Gasteiger partial charge in [0.25, 0.3) is 0 Å². The first kappa shape index (κ1) is 13.8. The lowest BCUT2D eigenvalue weighted by Crippen LogP contribution is -2.41. The van der Waals surface area contributed by atoms with Crippen molar-refractivity contribution < 1.29 is 9.94 Å². The van der Waals surface area contributed by atoms with Crippen molar-refractivity contribution in [3.8, 4) is 0 Å². The van der Waals surface area contributed by atoms with Crippen molar-refractivity contribution in [3.63, 3.8) is 0 Å². The van der Waals surface area contributed by atoms with Crippen LogP contribution in [0.5, 0.6) is 0 Å². The topological polar surface area (TPSA) is 45.1 Å². The molecule has 2 fully saturated rings. The summed E-state index contributed by atoms with van der Waals surface area (Å²) in [6.45, 7) is 6.40. The fourth-order valence-electron chi connectivity index (χ4n) is 3.10. The highest BCUT2D eigenvalue weighted by atomic mass is 16.5. The van der Waals surface area contributed by atoms with Crippen LogP contribution >= 0.6 is 0 Å². The van der Waals surface area contributed by atoms with Crippen molar-refractivity contribution in [2.24, 2.45) is 11.1 Å². The molecule has 4 heteroatoms. The Balaban J connectivity index is 1.67. The van der Waals surface area contributed by atoms with Gasteiger partial charge in [0.05, 0.1) is 11.8 Å². The number of ether oxygens (including phenoxy) is 1. The first-order chi connectivity index (χ1) is 8.83. The predicted molar refractivity (Wildman–Crippen MR) is 72.3 cm³/mol. The molecule has 2 rings (SSSR count). The molecular weight excluding hydrogens is 228 g/mol. The van der Waals surface area contributed by atoms with Gasteiger partial charge in [-0.25, -0.2) is 0 Å². The number of piperidine rings is 1. The zero-order chi connectivity index (χ0) is 12.8. The number of rotatable bonds is 5. The summed E-state index contributed by atoms with van der Waals surface area (Å²) < 4.78 is 5.65. The van der Waals surface area contributed by atoms with Crippen molar-refractivity contribution in [1.82, 2.24) is 4.90 Å². The maximum atomic E-state index is 8.95. The molecule has 2 aliphatic rings. The molecule has 0 aliphatic carbocycles. The highest BCUT2D eigenvalue weighted by molar-refractivity contribution is 5.87. The SMILES string of the molecule is CCC1CN(CCCC2CCCO2)CCC1=NO. The summed E-state index contributed by atoms with van der Waals surface area (Å²) in [5, 5.41) is 12.4. The molecule has 18 heavy (non-hydrogen) atoms. The smallest absolute Gasteiger partial charge is 0.0627 e. The standard InChI is InChI=1S/C14H26N2O2/c1-2-12-11-16(9-7-14(12)15-17)8-3-5-13-6-4-10-18-13/h12-13,17H,2-11H2,1H3. The van der Waals surface area contributed by atoms with E-state index in [0.29, 0.717) is 12.0 Å². The van der Waals surface area contributed by atoms with Gasteiger partial charge >= 0.3 is 0 Å². The van der Waals surface area contributed by atoms with Crippen LogP contribution in [-0.4, -0.2) is 48.2 Å². The molecule has 2 heterocycles. The van der Waals surface area contributed by atoms with Crippen LogP contribution < -0.4 is 0 Å². The summed E-state index contributed by atoms with van der Waals surface area (Å²) >= 11 is 0. The Bertz CT molecular complexity index is 275. The van der Waals surface area contributed by atoms with Crippen molar-refractivity contribution >= 4 is 5.71 Å². The molecule has 0 saturated carbocycles. The van der Waals surface area contributed by atoms with Crippen LogP contribution in [0.4, 0.5) is 0 Å². The van der Waals surface area contributed by atoms with E-state index in [2.05, 4.69) is 17.0 Å². The maximum absolute atomic E-state index is 8.95. The van der Waals surface area contributed by atoms with Crippen molar-refractivity contribution in [3.05, 3.63) is 0 Å². The van der Waals surface area contributed by atoms with Crippen molar-refractivity contribution in [2.45, 2.75) is 51.6 Å². The largest absolute Gasteiger partial charge is 0.411 e. The Morgan fingerprint density at radius 2 is 2.39 bits per heavy atom. The lowest BCUT2D eigenvalue weighted by molar-refractivity contribution is 0.0977. The molecule has 2 saturated heterocycles. The van der Waals surface area contributed by atoms with Crippen LogP contribution in [0.15, 0.2) is 5.16 Å². The Morgan fingerprint density at radius 3 is 3.06 bits per heavy atom. The average molecular weight is 254 g/mol. The molecule has 2 unspecified atom stereocenters. The third-order valence-electron chi connectivity index (χ3n) is 4.28. The summed E-state index contributed by atoms with van der Waals surface area (Å²) in [5.41, 5.74) is 0.993. The molecule has 0 aromatic rings. The zero-order valence-electron chi connectivity index (χ0n) is 11.5. The van der Waals surface area contributed by atoms with Crippen LogP contribution in [0.1, 0.15) is 45.4 Å². The second kappa shape index (κ2) is 7.10. The second-order valence-electron chi connectivity index (χ2n) is 5.52. The van der Waals surface area contributed by atoms with Gasteiger partial charge < -0.3 is 14.8 Å². The average Bonchev–Trinajstić information content (AvgIpc) is 2.91. The van der Waals surface area contributed by atoms with E-state index < -0.39 is 0 Å². The van der Waals surface area contributed by atoms with E-state index in [4.69, 9.17) is 9.94 Å². The molecule has 104 valence electrons. The van der Waals surface area contributed by atoms with Gasteiger partial charge in [-0.15, -0.1) is 0 Å². The van der Waals surface area contributed by atoms with E-state index in [-0.39, 0.29) is 0 Å². The number of hydrogen-bond donors (Lipinski definition) is 1. The summed E-state index contributed by atoms with van der Waals surface area (Å²) in [5.74, 6) is 0.450. The summed E-state index contributed by atoms with van der Waals surface area (Å²) in [6.07, 6.45) is 7.44. The number of nitrogens with zero attached hydrogens (tertiary/aromatic N) is 2. The normalized spacial score (nSPS) is 32.2. The van der Waals surface area contributed by atoms with Gasteiger partial charge in [0.2, 0.25) is 0 Å². The minimum absolute atomic E-state index is 0.450. The molecule has 1 N–H and O–H groups in total. The minimum Gasteiger partial charge on any atom is -0.411 e. The van der Waals surface area contributed by atoms with Gasteiger partial charge in [0, 0.05) is 32.0 Å². The lowest BCUT2D eigenvalue weighted by atomic mass is 9.93. The predicted octanol–water partition coefficient (Wildman–Crippen LogP) is 2.51. The summed E-state index contributed by atoms with van der Waals surface area (Å²) in [4.78, 5) is 2.51. The zero-order valence-corrected chi connectivity index (χ0v) is 11.5. The van der Waals surface area contributed by atoms with Crippen LogP contribution in [-0.2, 0) is 4.74 Å². The fraction of sp³-hybridized carbons (Fsp3) is 0.929. The van der Waals surface area contributed by atoms with Crippen LogP contribution in [0.25, 0.3) is 0 Å². The Kier molecular flexibility index (Phi) is 5.45. The lowest BCUT2D eigenvalue weighted by Gasteiger charge is -2.32. The quantitative estimate of drug-likeness (QED) is 0.605. The third-order valence-corrected chi connectivity index (χ3v) is 4.28. The molecule has 2 atom stereocenters. The number of oxime groups is 1. The number of hydrogen-bond acceptors (Lipinski definition) is 4. The molecular formula is C14H26N2O2. The molecule has 0 spiro atoms. The Labute approximate surface area is 110 Å². The van der Waals surface area contributed by atoms with E-state index >= 15 is 0 Å². The van der Waals surface area contributed by atoms with Gasteiger partial charge in [0.15, 0.2) is 0 Å². The number of likely N-dealkylation sites (tertiary alicyclic amines) is 1. The van der Waals surface area contributed by atoms with Gasteiger partial charge in [-0.05, 0) is 38.6 Å². The van der Waals surface area contributed by atoms with Gasteiger partial charge in [0.1, 0.15) is 0 Å². The van der Waals surface area contributed by atoms with E-state index in [1.54, 1.807) is 0 Å². The Hall–Kier alpha value is -0.610. The van der Waals surface area contributed by atoms with Crippen molar-refractivity contribution in [2.75, 3.05) is 26.2 Å². The minimum atomic E-state index is 0.450. The van der Waals surface area contributed by atoms with E-state index in [0.717, 1.165) is 44.8 Å². The van der Waals surface area contributed by atoms with Crippen LogP contribution in [0, 0.1) is 5.92 Å². The second-order valence-corrected chi connectivity index (χ2v) is 5.52. The molecule has 0 aromatic carbocycles. The van der Waals surface area contributed by atoms with E-state index in [9.17, 15) is 0 Å². The van der Waals surface area contributed by atoms with Crippen LogP contribution in [0.2, 0.25) is 0 Å². The molecule has 0 aromatic heterocycles. The van der Waals surface area contributed by atoms with Gasteiger partial charge in [-0.3, -0.25) is 0 Å². The summed E-state index contributed by atoms with van der Waals surface area (Å²) in [6, 6.07) is 0. The van der Waals surface area contributed by atoms with Gasteiger partial charge in [-0.2, -0.15) is 0 Å². The maximum Gasteiger partial charge on any atom is 0.0627 e. The van der Waals surface area contributed by atoms with E-state index in [1.807, 2.05) is 0 Å². The Morgan fingerprint density at radius 1 is 1.50 bits per heavy atom. The monoisotopic (exact) mass is 254 g/mol. The van der Waals surface area contributed by atoms with Gasteiger partial charge in [-0.1, -0.05) is 12.1 Å². The molecule has 0 radical (unpaired) electrons. The molecule has 4 nitrogen and oxygen atoms in total. The third kappa shape index (κ3) is 3.69. The first-order valence-corrected chi connectivity index (χ1v) is 7.38.